The normalized spacial score (nSPS) is 24.5. The summed E-state index contributed by atoms with van der Waals surface area (Å²) >= 11 is 6.21. The molecule has 2 aliphatic heterocycles. The Hall–Kier alpha value is -1.39. The zero-order chi connectivity index (χ0) is 12.8. The third-order valence-electron chi connectivity index (χ3n) is 3.94. The zero-order valence-electron chi connectivity index (χ0n) is 10.4. The minimum Gasteiger partial charge on any atom is -0.365 e. The highest BCUT2D eigenvalue weighted by Crippen LogP contribution is 2.37. The SMILES string of the molecule is Clc1ccccc1Cc1nnc2n1C[C@H]1CC[C@@H]2O1. The summed E-state index contributed by atoms with van der Waals surface area (Å²) < 4.78 is 8.08. The minimum atomic E-state index is 0.145. The lowest BCUT2D eigenvalue weighted by Gasteiger charge is -2.22. The molecule has 0 unspecified atom stereocenters. The molecule has 0 N–H and O–H groups in total. The van der Waals surface area contributed by atoms with Crippen molar-refractivity contribution in [2.45, 2.75) is 38.0 Å². The standard InChI is InChI=1S/C14H14ClN3O/c15-11-4-2-1-3-9(11)7-13-16-17-14-12-6-5-10(19-12)8-18(13)14/h1-4,10,12H,5-8H2/t10-,12+/m1/s1. The van der Waals surface area contributed by atoms with Crippen molar-refractivity contribution >= 4 is 11.6 Å². The average molecular weight is 276 g/mol. The van der Waals surface area contributed by atoms with Crippen LogP contribution in [0.2, 0.25) is 5.02 Å². The molecule has 0 amide bonds. The van der Waals surface area contributed by atoms with Gasteiger partial charge in [0.15, 0.2) is 5.82 Å². The van der Waals surface area contributed by atoms with Crippen molar-refractivity contribution < 1.29 is 4.74 Å². The topological polar surface area (TPSA) is 39.9 Å². The fourth-order valence-corrected chi connectivity index (χ4v) is 3.17. The maximum absolute atomic E-state index is 6.21. The van der Waals surface area contributed by atoms with Crippen LogP contribution < -0.4 is 0 Å². The minimum absolute atomic E-state index is 0.145. The summed E-state index contributed by atoms with van der Waals surface area (Å²) in [4.78, 5) is 0. The number of hydrogen-bond donors (Lipinski definition) is 0. The first-order valence-corrected chi connectivity index (χ1v) is 7.00. The number of hydrogen-bond acceptors (Lipinski definition) is 3. The van der Waals surface area contributed by atoms with Crippen molar-refractivity contribution in [1.82, 2.24) is 14.8 Å². The van der Waals surface area contributed by atoms with Crippen molar-refractivity contribution in [2.75, 3.05) is 0 Å². The van der Waals surface area contributed by atoms with E-state index in [1.54, 1.807) is 0 Å². The molecular weight excluding hydrogens is 262 g/mol. The van der Waals surface area contributed by atoms with Gasteiger partial charge in [-0.1, -0.05) is 29.8 Å². The summed E-state index contributed by atoms with van der Waals surface area (Å²) in [6, 6.07) is 7.90. The Labute approximate surface area is 116 Å². The van der Waals surface area contributed by atoms with Crippen molar-refractivity contribution in [3.05, 3.63) is 46.5 Å². The van der Waals surface area contributed by atoms with Gasteiger partial charge in [0.1, 0.15) is 11.9 Å². The van der Waals surface area contributed by atoms with E-state index < -0.39 is 0 Å². The van der Waals surface area contributed by atoms with Gasteiger partial charge in [0.05, 0.1) is 12.6 Å². The largest absolute Gasteiger partial charge is 0.365 e. The van der Waals surface area contributed by atoms with E-state index in [1.807, 2.05) is 24.3 Å². The van der Waals surface area contributed by atoms with Crippen LogP contribution in [-0.2, 0) is 17.7 Å². The van der Waals surface area contributed by atoms with Gasteiger partial charge >= 0.3 is 0 Å². The Balaban J connectivity index is 1.69. The number of halogens is 1. The van der Waals surface area contributed by atoms with Gasteiger partial charge in [0.2, 0.25) is 0 Å². The molecule has 1 aromatic heterocycles. The van der Waals surface area contributed by atoms with Gasteiger partial charge in [-0.3, -0.25) is 0 Å². The van der Waals surface area contributed by atoms with E-state index in [1.165, 1.54) is 0 Å². The van der Waals surface area contributed by atoms with E-state index in [-0.39, 0.29) is 6.10 Å². The first kappa shape index (κ1) is 11.4. The molecule has 4 rings (SSSR count). The molecule has 2 atom stereocenters. The van der Waals surface area contributed by atoms with Crippen LogP contribution in [0.1, 0.15) is 36.2 Å². The van der Waals surface area contributed by atoms with Gasteiger partial charge in [0.25, 0.3) is 0 Å². The van der Waals surface area contributed by atoms with Crippen LogP contribution in [0.15, 0.2) is 24.3 Å². The fourth-order valence-electron chi connectivity index (χ4n) is 2.96. The van der Waals surface area contributed by atoms with Gasteiger partial charge in [-0.15, -0.1) is 10.2 Å². The third-order valence-corrected chi connectivity index (χ3v) is 4.31. The number of nitrogens with zero attached hydrogens (tertiary/aromatic N) is 3. The summed E-state index contributed by atoms with van der Waals surface area (Å²) in [7, 11) is 0. The van der Waals surface area contributed by atoms with Gasteiger partial charge in [0, 0.05) is 11.4 Å². The monoisotopic (exact) mass is 275 g/mol. The lowest BCUT2D eigenvalue weighted by atomic mass is 10.1. The van der Waals surface area contributed by atoms with Crippen LogP contribution >= 0.6 is 11.6 Å². The van der Waals surface area contributed by atoms with Crippen LogP contribution in [0.5, 0.6) is 0 Å². The Morgan fingerprint density at radius 1 is 1.26 bits per heavy atom. The summed E-state index contributed by atoms with van der Waals surface area (Å²) in [5, 5.41) is 9.42. The molecule has 0 saturated carbocycles. The molecule has 2 aliphatic rings. The molecule has 1 fully saturated rings. The predicted octanol–water partition coefficient (Wildman–Crippen LogP) is 2.76. The smallest absolute Gasteiger partial charge is 0.162 e. The lowest BCUT2D eigenvalue weighted by Crippen LogP contribution is -2.25. The maximum Gasteiger partial charge on any atom is 0.162 e. The van der Waals surface area contributed by atoms with Crippen molar-refractivity contribution in [2.24, 2.45) is 0 Å². The van der Waals surface area contributed by atoms with Crippen LogP contribution in [0.4, 0.5) is 0 Å². The van der Waals surface area contributed by atoms with Crippen molar-refractivity contribution in [3.63, 3.8) is 0 Å². The second kappa shape index (κ2) is 4.32. The highest BCUT2D eigenvalue weighted by Gasteiger charge is 2.36. The molecule has 3 heterocycles. The highest BCUT2D eigenvalue weighted by molar-refractivity contribution is 6.31. The molecule has 0 spiro atoms. The molecule has 4 nitrogen and oxygen atoms in total. The molecule has 0 aliphatic carbocycles. The fraction of sp³-hybridized carbons (Fsp3) is 0.429. The van der Waals surface area contributed by atoms with E-state index in [0.717, 1.165) is 48.0 Å². The van der Waals surface area contributed by atoms with Gasteiger partial charge in [-0.2, -0.15) is 0 Å². The summed E-state index contributed by atoms with van der Waals surface area (Å²) in [5.41, 5.74) is 1.10. The van der Waals surface area contributed by atoms with E-state index in [9.17, 15) is 0 Å². The first-order valence-electron chi connectivity index (χ1n) is 6.62. The van der Waals surface area contributed by atoms with Crippen LogP contribution in [0, 0.1) is 0 Å². The summed E-state index contributed by atoms with van der Waals surface area (Å²) in [5.74, 6) is 1.97. The summed E-state index contributed by atoms with van der Waals surface area (Å²) in [6.45, 7) is 0.874. The maximum atomic E-state index is 6.21. The number of ether oxygens (including phenoxy) is 1. The van der Waals surface area contributed by atoms with Crippen molar-refractivity contribution in [1.29, 1.82) is 0 Å². The molecule has 2 aromatic rings. The van der Waals surface area contributed by atoms with E-state index in [2.05, 4.69) is 14.8 Å². The highest BCUT2D eigenvalue weighted by atomic mass is 35.5. The number of fused-ring (bicyclic) bond motifs is 4. The second-order valence-corrected chi connectivity index (χ2v) is 5.58. The summed E-state index contributed by atoms with van der Waals surface area (Å²) in [6.07, 6.45) is 3.39. The molecular formula is C14H14ClN3O. The molecule has 1 saturated heterocycles. The Morgan fingerprint density at radius 2 is 2.16 bits per heavy atom. The molecule has 5 heteroatoms. The predicted molar refractivity (Wildman–Crippen MR) is 71.1 cm³/mol. The molecule has 0 radical (unpaired) electrons. The van der Waals surface area contributed by atoms with E-state index in [4.69, 9.17) is 16.3 Å². The van der Waals surface area contributed by atoms with Gasteiger partial charge in [-0.25, -0.2) is 0 Å². The quantitative estimate of drug-likeness (QED) is 0.846. The Morgan fingerprint density at radius 3 is 3.05 bits per heavy atom. The van der Waals surface area contributed by atoms with Crippen molar-refractivity contribution in [3.8, 4) is 0 Å². The average Bonchev–Trinajstić information content (AvgIpc) is 2.99. The van der Waals surface area contributed by atoms with E-state index in [0.29, 0.717) is 6.10 Å². The lowest BCUT2D eigenvalue weighted by molar-refractivity contribution is 0.00521. The Kier molecular flexibility index (Phi) is 2.60. The zero-order valence-corrected chi connectivity index (χ0v) is 11.2. The molecule has 2 bridgehead atoms. The number of rotatable bonds is 2. The molecule has 19 heavy (non-hydrogen) atoms. The molecule has 98 valence electrons. The van der Waals surface area contributed by atoms with Gasteiger partial charge in [-0.05, 0) is 24.5 Å². The third kappa shape index (κ3) is 1.86. The number of aromatic nitrogens is 3. The number of benzene rings is 1. The van der Waals surface area contributed by atoms with Gasteiger partial charge < -0.3 is 9.30 Å². The van der Waals surface area contributed by atoms with E-state index >= 15 is 0 Å². The van der Waals surface area contributed by atoms with Crippen LogP contribution in [0.25, 0.3) is 0 Å². The van der Waals surface area contributed by atoms with Crippen LogP contribution in [0.3, 0.4) is 0 Å². The Bertz CT molecular complexity index is 625. The van der Waals surface area contributed by atoms with Crippen LogP contribution in [-0.4, -0.2) is 20.9 Å². The second-order valence-electron chi connectivity index (χ2n) is 5.18. The molecule has 1 aromatic carbocycles. The first-order chi connectivity index (χ1) is 9.31.